The van der Waals surface area contributed by atoms with Crippen LogP contribution >= 0.6 is 15.9 Å². The van der Waals surface area contributed by atoms with Gasteiger partial charge in [0.25, 0.3) is 20.0 Å². The molecular weight excluding hydrogens is 619 g/mol. The van der Waals surface area contributed by atoms with Crippen LogP contribution in [0.2, 0.25) is 0 Å². The third kappa shape index (κ3) is 5.07. The van der Waals surface area contributed by atoms with Gasteiger partial charge in [0.2, 0.25) is 0 Å². The van der Waals surface area contributed by atoms with Gasteiger partial charge >= 0.3 is 7.12 Å². The minimum Gasteiger partial charge on any atom is -0.423 e. The summed E-state index contributed by atoms with van der Waals surface area (Å²) in [6.45, 7) is 0. The molecule has 6 aromatic rings. The first-order valence-corrected chi connectivity index (χ1v) is 15.2. The van der Waals surface area contributed by atoms with Gasteiger partial charge in [-0.1, -0.05) is 36.4 Å². The highest BCUT2D eigenvalue weighted by atomic mass is 79.9. The fourth-order valence-corrected chi connectivity index (χ4v) is 7.07. The molecule has 10 nitrogen and oxygen atoms in total. The van der Waals surface area contributed by atoms with Crippen LogP contribution in [-0.2, 0) is 20.0 Å². The van der Waals surface area contributed by atoms with Crippen LogP contribution in [0.15, 0.2) is 124 Å². The molecule has 0 aliphatic heterocycles. The van der Waals surface area contributed by atoms with Gasteiger partial charge in [-0.25, -0.2) is 34.7 Å². The van der Waals surface area contributed by atoms with Crippen molar-refractivity contribution >= 4 is 70.6 Å². The predicted octanol–water partition coefficient (Wildman–Crippen LogP) is 2.99. The fourth-order valence-electron chi connectivity index (χ4n) is 3.86. The van der Waals surface area contributed by atoms with E-state index >= 15 is 0 Å². The van der Waals surface area contributed by atoms with Crippen LogP contribution in [0, 0.1) is 0 Å². The number of benzene rings is 2. The summed E-state index contributed by atoms with van der Waals surface area (Å²) in [5, 5.41) is 19.7. The van der Waals surface area contributed by atoms with Gasteiger partial charge in [0.05, 0.1) is 12.5 Å². The van der Waals surface area contributed by atoms with Gasteiger partial charge in [-0.2, -0.15) is 0 Å². The van der Waals surface area contributed by atoms with Crippen LogP contribution in [-0.4, -0.2) is 51.9 Å². The van der Waals surface area contributed by atoms with Crippen molar-refractivity contribution in [2.45, 2.75) is 9.79 Å². The predicted molar refractivity (Wildman–Crippen MR) is 155 cm³/mol. The van der Waals surface area contributed by atoms with Gasteiger partial charge in [0.1, 0.15) is 0 Å². The first kappa shape index (κ1) is 25.2. The third-order valence-corrected chi connectivity index (χ3v) is 9.56. The molecule has 0 spiro atoms. The molecule has 0 fully saturated rings. The molecule has 0 saturated heterocycles. The van der Waals surface area contributed by atoms with Crippen molar-refractivity contribution in [3.05, 3.63) is 114 Å². The maximum absolute atomic E-state index is 12.7. The molecule has 0 saturated carbocycles. The van der Waals surface area contributed by atoms with E-state index in [1.165, 1.54) is 48.8 Å². The van der Waals surface area contributed by atoms with Crippen LogP contribution in [0.3, 0.4) is 0 Å². The Labute approximate surface area is 241 Å². The van der Waals surface area contributed by atoms with E-state index in [0.29, 0.717) is 13.8 Å². The van der Waals surface area contributed by atoms with E-state index in [1.54, 1.807) is 48.5 Å². The Balaban J connectivity index is 0.000000169. The van der Waals surface area contributed by atoms with E-state index in [0.717, 1.165) is 3.97 Å². The van der Waals surface area contributed by atoms with E-state index in [2.05, 4.69) is 25.9 Å². The lowest BCUT2D eigenvalue weighted by Crippen LogP contribution is -2.29. The quantitative estimate of drug-likeness (QED) is 0.274. The Morgan fingerprint density at radius 3 is 1.62 bits per heavy atom. The van der Waals surface area contributed by atoms with Crippen molar-refractivity contribution in [2.75, 3.05) is 0 Å². The molecule has 202 valence electrons. The molecule has 4 heterocycles. The van der Waals surface area contributed by atoms with Crippen molar-refractivity contribution in [1.29, 1.82) is 0 Å². The Morgan fingerprint density at radius 2 is 1.12 bits per heavy atom. The zero-order valence-electron chi connectivity index (χ0n) is 22.3. The number of nitrogens with zero attached hydrogens (tertiary/aromatic N) is 4. The Bertz CT molecular complexity index is 2140. The minimum absolute atomic E-state index is 0.00923. The SMILES string of the molecule is [2H]c1c(B(O)O)c2cccnc2n1S(=O)(=O)c1ccccc1.[2H]c1c(Br)c2cccnc2n1S(=O)(=O)c1ccccc1. The van der Waals surface area contributed by atoms with Gasteiger partial charge < -0.3 is 10.0 Å². The highest BCUT2D eigenvalue weighted by molar-refractivity contribution is 9.10. The summed E-state index contributed by atoms with van der Waals surface area (Å²) in [6, 6.07) is 22.1. The smallest absolute Gasteiger partial charge is 0.423 e. The Morgan fingerprint density at radius 1 is 0.675 bits per heavy atom. The second-order valence-corrected chi connectivity index (χ2v) is 12.6. The number of aromatic nitrogens is 4. The molecule has 0 unspecified atom stereocenters. The number of rotatable bonds is 5. The molecule has 6 rings (SSSR count). The van der Waals surface area contributed by atoms with Crippen molar-refractivity contribution in [2.24, 2.45) is 0 Å². The van der Waals surface area contributed by atoms with E-state index in [4.69, 9.17) is 2.74 Å². The van der Waals surface area contributed by atoms with Crippen molar-refractivity contribution in [3.63, 3.8) is 0 Å². The Kier molecular flexibility index (Phi) is 6.91. The van der Waals surface area contributed by atoms with Crippen molar-refractivity contribution in [1.82, 2.24) is 17.9 Å². The minimum atomic E-state index is -4.06. The van der Waals surface area contributed by atoms with Crippen LogP contribution in [0.1, 0.15) is 2.74 Å². The van der Waals surface area contributed by atoms with Gasteiger partial charge in [0, 0.05) is 45.4 Å². The highest BCUT2D eigenvalue weighted by Crippen LogP contribution is 2.28. The summed E-state index contributed by atoms with van der Waals surface area (Å²) in [5.74, 6) is 0. The van der Waals surface area contributed by atoms with E-state index in [9.17, 15) is 26.9 Å². The number of fused-ring (bicyclic) bond motifs is 2. The summed E-state index contributed by atoms with van der Waals surface area (Å²) < 4.78 is 69.0. The number of halogens is 1. The average molecular weight is 641 g/mol. The highest BCUT2D eigenvalue weighted by Gasteiger charge is 2.26. The maximum Gasteiger partial charge on any atom is 0.490 e. The van der Waals surface area contributed by atoms with Gasteiger partial charge in [0.15, 0.2) is 11.3 Å². The van der Waals surface area contributed by atoms with Crippen molar-refractivity contribution in [3.8, 4) is 0 Å². The lowest BCUT2D eigenvalue weighted by Gasteiger charge is -2.06. The number of pyridine rings is 2. The molecule has 0 amide bonds. The molecule has 0 aliphatic carbocycles. The maximum atomic E-state index is 12.7. The summed E-state index contributed by atoms with van der Waals surface area (Å²) in [7, 11) is -9.87. The van der Waals surface area contributed by atoms with Gasteiger partial charge in [-0.05, 0) is 64.5 Å². The first-order valence-electron chi connectivity index (χ1n) is 12.5. The molecule has 0 aliphatic rings. The molecule has 2 N–H and O–H groups in total. The fraction of sp³-hybridized carbons (Fsp3) is 0. The second-order valence-electron chi connectivity index (χ2n) is 8.24. The summed E-state index contributed by atoms with van der Waals surface area (Å²) in [6.07, 6.45) is 2.23. The zero-order chi connectivity index (χ0) is 30.2. The van der Waals surface area contributed by atoms with Crippen LogP contribution in [0.4, 0.5) is 0 Å². The molecule has 0 radical (unpaired) electrons. The second kappa shape index (κ2) is 11.0. The summed E-state index contributed by atoms with van der Waals surface area (Å²) >= 11 is 3.25. The molecular formula is C26H20BBrN4O6S2. The standard InChI is InChI=1S/C13H11BN2O4S.C13H9BrN2O2S/c17-14(18)12-9-16(13-11(12)7-4-8-15-13)21(19,20)10-5-2-1-3-6-10;14-12-9-16(13-11(12)7-4-8-15-13)19(17,18)10-5-2-1-3-6-10/h1-9,17-18H;1-9H/i2*9D. The monoisotopic (exact) mass is 640 g/mol. The number of hydrogen-bond acceptors (Lipinski definition) is 8. The topological polar surface area (TPSA) is 144 Å². The summed E-state index contributed by atoms with van der Waals surface area (Å²) in [5.41, 5.74) is 0.0373. The van der Waals surface area contributed by atoms with Gasteiger partial charge in [-0.3, -0.25) is 0 Å². The van der Waals surface area contributed by atoms with Crippen LogP contribution in [0.5, 0.6) is 0 Å². The zero-order valence-corrected chi connectivity index (χ0v) is 23.5. The normalized spacial score (nSPS) is 12.5. The largest absolute Gasteiger partial charge is 0.490 e. The third-order valence-electron chi connectivity index (χ3n) is 5.73. The molecule has 14 heteroatoms. The Hall–Kier alpha value is -3.82. The lowest BCUT2D eigenvalue weighted by atomic mass is 9.80. The van der Waals surface area contributed by atoms with Crippen LogP contribution < -0.4 is 5.46 Å². The molecule has 2 aromatic carbocycles. The van der Waals surface area contributed by atoms with E-state index < -0.39 is 33.3 Å². The molecule has 0 bridgehead atoms. The molecule has 4 aromatic heterocycles. The first-order chi connectivity index (χ1) is 20.0. The van der Waals surface area contributed by atoms with E-state index in [-0.39, 0.29) is 38.1 Å². The van der Waals surface area contributed by atoms with Crippen molar-refractivity contribution < 1.29 is 29.6 Å². The lowest BCUT2D eigenvalue weighted by molar-refractivity contribution is 0.426. The van der Waals surface area contributed by atoms with Gasteiger partial charge in [-0.15, -0.1) is 0 Å². The molecule has 40 heavy (non-hydrogen) atoms. The number of hydrogen-bond donors (Lipinski definition) is 2. The van der Waals surface area contributed by atoms with E-state index in [1.807, 2.05) is 0 Å². The van der Waals surface area contributed by atoms with Crippen LogP contribution in [0.25, 0.3) is 22.1 Å². The summed E-state index contributed by atoms with van der Waals surface area (Å²) in [4.78, 5) is 8.19. The average Bonchev–Trinajstić information content (AvgIpc) is 3.44. The molecule has 0 atom stereocenters.